The summed E-state index contributed by atoms with van der Waals surface area (Å²) in [5, 5.41) is 9.77. The molecule has 0 spiro atoms. The van der Waals surface area contributed by atoms with Gasteiger partial charge in [-0.3, -0.25) is 0 Å². The molecule has 0 saturated heterocycles. The van der Waals surface area contributed by atoms with Crippen molar-refractivity contribution in [1.82, 2.24) is 23.1 Å². The molecule has 6 aromatic rings. The minimum absolute atomic E-state index is 0.0227. The van der Waals surface area contributed by atoms with E-state index in [1.165, 1.54) is 19.0 Å². The number of rotatable bonds is 26. The Balaban J connectivity index is 0. The molecule has 0 aromatic heterocycles. The first-order valence-corrected chi connectivity index (χ1v) is 47.2. The van der Waals surface area contributed by atoms with Crippen molar-refractivity contribution >= 4 is 112 Å². The van der Waals surface area contributed by atoms with Crippen molar-refractivity contribution in [3.05, 3.63) is 222 Å². The number of sulfonamides is 3. The summed E-state index contributed by atoms with van der Waals surface area (Å²) in [4.78, 5) is 5.37. The van der Waals surface area contributed by atoms with Crippen LogP contribution in [0.5, 0.6) is 0 Å². The van der Waals surface area contributed by atoms with Crippen LogP contribution >= 0.6 is 73.2 Å². The highest BCUT2D eigenvalue weighted by Gasteiger charge is 2.45. The van der Waals surface area contributed by atoms with Gasteiger partial charge in [0.05, 0.1) is 89.8 Å². The number of halogens is 41. The normalized spacial score (nSPS) is 13.0. The van der Waals surface area contributed by atoms with E-state index in [9.17, 15) is 192 Å². The molecule has 0 fully saturated rings. The lowest BCUT2D eigenvalue weighted by molar-refractivity contribution is -0.144. The number of alkyl halides is 40. The third kappa shape index (κ3) is 54.0. The van der Waals surface area contributed by atoms with Crippen LogP contribution in [0.25, 0.3) is 0 Å². The molecule has 0 aliphatic carbocycles. The molecule has 0 amide bonds. The van der Waals surface area contributed by atoms with Gasteiger partial charge in [0.2, 0.25) is 39.1 Å². The largest absolute Gasteiger partial charge is 0.416 e. The zero-order chi connectivity index (χ0) is 107. The number of allylic oxidation sites excluding steroid dienone is 1. The van der Waals surface area contributed by atoms with Crippen molar-refractivity contribution < 1.29 is 192 Å². The summed E-state index contributed by atoms with van der Waals surface area (Å²) in [5.74, 6) is -5.80. The third-order valence-electron chi connectivity index (χ3n) is 15.5. The van der Waals surface area contributed by atoms with E-state index in [1.807, 2.05) is 6.08 Å². The van der Waals surface area contributed by atoms with Crippen molar-refractivity contribution in [1.29, 1.82) is 5.26 Å². The summed E-state index contributed by atoms with van der Waals surface area (Å²) in [6, 6.07) is 3.64. The van der Waals surface area contributed by atoms with Gasteiger partial charge in [0.25, 0.3) is 0 Å². The molecular formula is C75H78BrCl4F36N7O8S5. The molecule has 6 rings (SSSR count). The number of nitrogens with zero attached hydrogens (tertiary/aromatic N) is 5. The van der Waals surface area contributed by atoms with E-state index in [2.05, 4.69) is 53.1 Å². The van der Waals surface area contributed by atoms with E-state index in [4.69, 9.17) is 56.5 Å². The maximum Gasteiger partial charge on any atom is 0.416 e. The van der Waals surface area contributed by atoms with Gasteiger partial charge in [0.15, 0.2) is 4.30 Å². The van der Waals surface area contributed by atoms with E-state index in [0.29, 0.717) is 73.3 Å². The molecule has 0 heterocycles. The Morgan fingerprint density at radius 2 is 0.581 bits per heavy atom. The topological polar surface area (TPSA) is 211 Å². The third-order valence-corrected chi connectivity index (χ3v) is 23.5. The summed E-state index contributed by atoms with van der Waals surface area (Å²) in [6.45, 7) is 7.05. The Hall–Kier alpha value is -6.42. The van der Waals surface area contributed by atoms with Gasteiger partial charge < -0.3 is 20.4 Å². The minimum atomic E-state index is -5.40. The van der Waals surface area contributed by atoms with Crippen LogP contribution in [0, 0.1) is 10.7 Å². The summed E-state index contributed by atoms with van der Waals surface area (Å²) in [7, 11) is -3.74. The first-order valence-electron chi connectivity index (χ1n) is 36.4. The fourth-order valence-corrected chi connectivity index (χ4v) is 16.6. The highest BCUT2D eigenvalue weighted by atomic mass is 79.9. The molecule has 0 bridgehead atoms. The van der Waals surface area contributed by atoms with E-state index < -0.39 is 236 Å². The molecular weight excluding hydrogens is 2190 g/mol. The molecule has 61 heteroatoms. The van der Waals surface area contributed by atoms with Crippen molar-refractivity contribution in [3.63, 3.8) is 0 Å². The van der Waals surface area contributed by atoms with Crippen LogP contribution in [-0.2, 0) is 147 Å². The van der Waals surface area contributed by atoms with Crippen LogP contribution in [0.1, 0.15) is 133 Å². The molecule has 6 aromatic carbocycles. The lowest BCUT2D eigenvalue weighted by atomic mass is 10.1. The van der Waals surface area contributed by atoms with E-state index in [0.717, 1.165) is 25.9 Å². The molecule has 0 aliphatic rings. The van der Waals surface area contributed by atoms with Gasteiger partial charge in [-0.2, -0.15) is 163 Å². The van der Waals surface area contributed by atoms with Crippen molar-refractivity contribution in [3.8, 4) is 5.40 Å². The van der Waals surface area contributed by atoms with Crippen molar-refractivity contribution in [2.45, 2.75) is 145 Å². The minimum Gasteiger partial charge on any atom is -0.330 e. The quantitative estimate of drug-likeness (QED) is 0.0129. The molecule has 778 valence electrons. The number of nitrogens with one attached hydrogen (secondary N) is 1. The molecule has 0 atom stereocenters. The lowest BCUT2D eigenvalue weighted by Gasteiger charge is -2.24. The Bertz CT molecular complexity index is 4970. The molecule has 0 radical (unpaired) electrons. The smallest absolute Gasteiger partial charge is 0.330 e. The second-order valence-corrected chi connectivity index (χ2v) is 39.9. The predicted octanol–water partition coefficient (Wildman–Crippen LogP) is 25.8. The van der Waals surface area contributed by atoms with Crippen LogP contribution in [-0.4, -0.2) is 138 Å². The van der Waals surface area contributed by atoms with Crippen molar-refractivity contribution in [2.75, 3.05) is 81.6 Å². The highest BCUT2D eigenvalue weighted by Crippen LogP contribution is 2.45. The summed E-state index contributed by atoms with van der Waals surface area (Å²) in [6.07, 6.45) is -56.7. The number of thiocyanates is 1. The number of nitrogens with two attached hydrogens (primary N) is 1. The average molecular weight is 2270 g/mol. The van der Waals surface area contributed by atoms with E-state index in [1.54, 1.807) is 24.4 Å². The standard InChI is InChI=1S/C23H22F12N2O4S2.C14H18F6N2O2S.C10H5F6NS.C9H5BrF6.C9H5ClF6O2S.C5H14N2.C4H8.CHCl3/c1-36(2)4-3-5-37(42(38,39)12-14-6-16(20(24,25)26)10-17(7-14)21(27,28)29)43(40,41)13-15-8-18(22(30,31)32)11-19(9-15)23(33,34)35;1-22(2)5-3-4-21-25(23,24)9-10-6-11(13(15,16)17)8-12(7-10)14(18,19)20;11-9(12,13)7-1-6(4-18-5-17)2-8(3-7)10(14,15)16;10-4-5-1-6(8(11,12)13)3-7(2-5)9(14,15)16;10-19(17,18)4-5-1-6(8(11,12)13)3-7(2-5)9(14,15)16;1-7(2)5-3-4-6;1-3-4-2;2-1(3)4/h6-11H,3-5,12-13H2,1-2H3;6-8,21H,3-5,9H2,1-2H3;1-3H,4H2;1-3H,4H2;1-3H,4H2;3-6H2,1-2H3;3H,1,4H2,2H3;1H. The van der Waals surface area contributed by atoms with Crippen LogP contribution in [0.3, 0.4) is 0 Å². The molecule has 0 saturated carbocycles. The summed E-state index contributed by atoms with van der Waals surface area (Å²) >= 11 is 17.8. The summed E-state index contributed by atoms with van der Waals surface area (Å²) in [5.41, 5.74) is -17.7. The Morgan fingerprint density at radius 3 is 0.772 bits per heavy atom. The van der Waals surface area contributed by atoms with Crippen LogP contribution in [0.15, 0.2) is 122 Å². The average Bonchev–Trinajstić information content (AvgIpc) is 0.772. The van der Waals surface area contributed by atoms with Crippen LogP contribution in [0.4, 0.5) is 158 Å². The molecule has 0 unspecified atom stereocenters. The van der Waals surface area contributed by atoms with Gasteiger partial charge in [-0.15, -0.1) is 6.58 Å². The maximum atomic E-state index is 13.2. The van der Waals surface area contributed by atoms with Gasteiger partial charge >= 0.3 is 74.1 Å². The number of hydrogen-bond acceptors (Lipinski definition) is 14. The highest BCUT2D eigenvalue weighted by molar-refractivity contribution is 9.08. The SMILES string of the molecule is C=CCC.CN(C)CCCN.CN(C)CCCN(S(=O)(=O)Cc1cc(C(F)(F)F)cc(C(F)(F)F)c1)S(=O)(=O)Cc1cc(C(F)(F)F)cc(C(F)(F)F)c1.CN(C)CCCNS(=O)(=O)Cc1cc(C(F)(F)F)cc(C(F)(F)F)c1.ClC(Cl)Cl.FC(F)(F)c1cc(CBr)cc(C(F)(F)F)c1.N#CSCc1cc(C(F)(F)F)cc(C(F)(F)F)c1.O=S(=O)(Cl)Cc1cc(C(F)(F)F)cc(C(F)(F)F)c1. The molecule has 136 heavy (non-hydrogen) atoms. The number of benzene rings is 6. The first-order chi connectivity index (χ1) is 60.8. The van der Waals surface area contributed by atoms with E-state index in [-0.39, 0.29) is 106 Å². The predicted molar refractivity (Wildman–Crippen MR) is 440 cm³/mol. The Labute approximate surface area is 787 Å². The van der Waals surface area contributed by atoms with Crippen LogP contribution in [0.2, 0.25) is 0 Å². The maximum absolute atomic E-state index is 13.2. The Morgan fingerprint density at radius 1 is 0.375 bits per heavy atom. The fourth-order valence-electron chi connectivity index (χ4n) is 9.76. The molecule has 3 N–H and O–H groups in total. The number of nitriles is 1. The molecule has 15 nitrogen and oxygen atoms in total. The van der Waals surface area contributed by atoms with Gasteiger partial charge in [0.1, 0.15) is 5.40 Å². The number of thioether (sulfide) groups is 1. The fraction of sp³-hybridized carbons (Fsp3) is 0.480. The van der Waals surface area contributed by atoms with E-state index >= 15 is 0 Å². The second-order valence-electron chi connectivity index (χ2n) is 28.0. The molecule has 0 aliphatic heterocycles. The monoisotopic (exact) mass is 2270 g/mol. The van der Waals surface area contributed by atoms with Gasteiger partial charge in [0, 0.05) is 34.9 Å². The van der Waals surface area contributed by atoms with Gasteiger partial charge in [-0.1, -0.05) is 67.4 Å². The second kappa shape index (κ2) is 54.2. The van der Waals surface area contributed by atoms with Crippen molar-refractivity contribution in [2.24, 2.45) is 5.73 Å². The Kier molecular flexibility index (Phi) is 52.4. The van der Waals surface area contributed by atoms with Crippen LogP contribution < -0.4 is 10.5 Å². The zero-order valence-corrected chi connectivity index (χ0v) is 78.9. The summed E-state index contributed by atoms with van der Waals surface area (Å²) < 4.78 is 557. The lowest BCUT2D eigenvalue weighted by Crippen LogP contribution is -2.40. The zero-order valence-electron chi connectivity index (χ0n) is 70.2. The van der Waals surface area contributed by atoms with Gasteiger partial charge in [-0.05, 0) is 248 Å². The number of hydrogen-bond donors (Lipinski definition) is 2. The first kappa shape index (κ1) is 132. The van der Waals surface area contributed by atoms with Gasteiger partial charge in [-0.25, -0.2) is 38.4 Å².